The van der Waals surface area contributed by atoms with Crippen LogP contribution >= 0.6 is 0 Å². The van der Waals surface area contributed by atoms with Crippen molar-refractivity contribution in [3.63, 3.8) is 0 Å². The monoisotopic (exact) mass is 306 g/mol. The number of nitrogens with one attached hydrogen (secondary N) is 1. The van der Waals surface area contributed by atoms with Crippen molar-refractivity contribution in [3.05, 3.63) is 29.3 Å². The molecular formula is C17H26N2O3. The van der Waals surface area contributed by atoms with Crippen LogP contribution in [0.4, 0.5) is 0 Å². The van der Waals surface area contributed by atoms with Crippen LogP contribution < -0.4 is 10.1 Å². The van der Waals surface area contributed by atoms with Crippen molar-refractivity contribution in [1.29, 1.82) is 0 Å². The molecule has 1 unspecified atom stereocenters. The summed E-state index contributed by atoms with van der Waals surface area (Å²) in [6.45, 7) is 8.29. The van der Waals surface area contributed by atoms with Crippen molar-refractivity contribution in [2.24, 2.45) is 0 Å². The predicted molar refractivity (Wildman–Crippen MR) is 85.9 cm³/mol. The molecule has 0 aromatic heterocycles. The zero-order valence-corrected chi connectivity index (χ0v) is 13.6. The third kappa shape index (κ3) is 4.71. The van der Waals surface area contributed by atoms with Gasteiger partial charge in [-0.3, -0.25) is 4.79 Å². The second kappa shape index (κ2) is 7.11. The summed E-state index contributed by atoms with van der Waals surface area (Å²) in [5.74, 6) is 0.817. The number of nitrogens with zero attached hydrogens (tertiary/aromatic N) is 1. The molecule has 0 spiro atoms. The molecule has 22 heavy (non-hydrogen) atoms. The van der Waals surface area contributed by atoms with Gasteiger partial charge in [0.05, 0.1) is 0 Å². The zero-order chi connectivity index (χ0) is 16.2. The Labute approximate surface area is 132 Å². The lowest BCUT2D eigenvalue weighted by molar-refractivity contribution is -0.118. The van der Waals surface area contributed by atoms with E-state index in [-0.39, 0.29) is 12.1 Å². The normalized spacial score (nSPS) is 16.1. The molecule has 0 aliphatic carbocycles. The van der Waals surface area contributed by atoms with Crippen molar-refractivity contribution in [1.82, 2.24) is 10.2 Å². The summed E-state index contributed by atoms with van der Waals surface area (Å²) in [5, 5.41) is 13.3. The van der Waals surface area contributed by atoms with E-state index < -0.39 is 6.10 Å². The van der Waals surface area contributed by atoms with Crippen molar-refractivity contribution in [2.45, 2.75) is 45.4 Å². The van der Waals surface area contributed by atoms with E-state index in [1.54, 1.807) is 4.90 Å². The van der Waals surface area contributed by atoms with Crippen LogP contribution in [-0.2, 0) is 17.8 Å². The van der Waals surface area contributed by atoms with Gasteiger partial charge in [-0.25, -0.2) is 0 Å². The lowest BCUT2D eigenvalue weighted by Crippen LogP contribution is -2.42. The number of carbonyl (C=O) groups is 1. The maximum atomic E-state index is 10.9. The van der Waals surface area contributed by atoms with Crippen molar-refractivity contribution >= 4 is 6.41 Å². The SMILES string of the molecule is CC(C)(C)NCC(O)COc1cccc2c1CCN(C=O)C2. The lowest BCUT2D eigenvalue weighted by atomic mass is 9.99. The molecule has 5 nitrogen and oxygen atoms in total. The van der Waals surface area contributed by atoms with E-state index in [0.717, 1.165) is 29.7 Å². The molecule has 1 aliphatic rings. The molecule has 1 aliphatic heterocycles. The largest absolute Gasteiger partial charge is 0.491 e. The third-order valence-corrected chi connectivity index (χ3v) is 3.70. The van der Waals surface area contributed by atoms with E-state index in [1.807, 2.05) is 18.2 Å². The number of ether oxygens (including phenoxy) is 1. The molecule has 5 heteroatoms. The highest BCUT2D eigenvalue weighted by Crippen LogP contribution is 2.27. The van der Waals surface area contributed by atoms with E-state index in [9.17, 15) is 9.90 Å². The van der Waals surface area contributed by atoms with Crippen LogP contribution in [-0.4, -0.2) is 47.8 Å². The van der Waals surface area contributed by atoms with Gasteiger partial charge in [0.15, 0.2) is 0 Å². The van der Waals surface area contributed by atoms with E-state index in [1.165, 1.54) is 0 Å². The highest BCUT2D eigenvalue weighted by molar-refractivity contribution is 5.51. The topological polar surface area (TPSA) is 61.8 Å². The molecule has 0 saturated heterocycles. The number of benzene rings is 1. The number of hydrogen-bond donors (Lipinski definition) is 2. The number of amides is 1. The molecule has 1 amide bonds. The summed E-state index contributed by atoms with van der Waals surface area (Å²) in [7, 11) is 0. The van der Waals surface area contributed by atoms with Crippen LogP contribution in [0.25, 0.3) is 0 Å². The Bertz CT molecular complexity index is 511. The Morgan fingerprint density at radius 3 is 2.91 bits per heavy atom. The van der Waals surface area contributed by atoms with Crippen molar-refractivity contribution in [3.8, 4) is 5.75 Å². The smallest absolute Gasteiger partial charge is 0.210 e. The average Bonchev–Trinajstić information content (AvgIpc) is 2.49. The number of aliphatic hydroxyl groups excluding tert-OH is 1. The maximum absolute atomic E-state index is 10.9. The summed E-state index contributed by atoms with van der Waals surface area (Å²) >= 11 is 0. The van der Waals surface area contributed by atoms with Crippen molar-refractivity contribution in [2.75, 3.05) is 19.7 Å². The van der Waals surface area contributed by atoms with Gasteiger partial charge in [0, 0.05) is 30.7 Å². The van der Waals surface area contributed by atoms with Gasteiger partial charge in [0.1, 0.15) is 18.5 Å². The summed E-state index contributed by atoms with van der Waals surface area (Å²) in [6.07, 6.45) is 1.13. The number of fused-ring (bicyclic) bond motifs is 1. The highest BCUT2D eigenvalue weighted by atomic mass is 16.5. The van der Waals surface area contributed by atoms with Gasteiger partial charge in [-0.05, 0) is 38.8 Å². The minimum atomic E-state index is -0.551. The van der Waals surface area contributed by atoms with Gasteiger partial charge >= 0.3 is 0 Å². The Hall–Kier alpha value is -1.59. The molecule has 2 rings (SSSR count). The molecule has 1 aromatic rings. The van der Waals surface area contributed by atoms with Crippen LogP contribution in [0.5, 0.6) is 5.75 Å². The molecule has 2 N–H and O–H groups in total. The number of hydrogen-bond acceptors (Lipinski definition) is 4. The summed E-state index contributed by atoms with van der Waals surface area (Å²) < 4.78 is 5.80. The molecule has 0 radical (unpaired) electrons. The summed E-state index contributed by atoms with van der Waals surface area (Å²) in [6, 6.07) is 5.89. The minimum absolute atomic E-state index is 0.0226. The second-order valence-corrected chi connectivity index (χ2v) is 6.82. The standard InChI is InChI=1S/C17H26N2O3/c1-17(2,3)18-9-14(21)11-22-16-6-4-5-13-10-19(12-20)8-7-15(13)16/h4-6,12,14,18,21H,7-11H2,1-3H3. The lowest BCUT2D eigenvalue weighted by Gasteiger charge is -2.27. The molecule has 1 aromatic carbocycles. The molecule has 0 fully saturated rings. The average molecular weight is 306 g/mol. The summed E-state index contributed by atoms with van der Waals surface area (Å²) in [5.41, 5.74) is 2.25. The summed E-state index contributed by atoms with van der Waals surface area (Å²) in [4.78, 5) is 12.6. The fraction of sp³-hybridized carbons (Fsp3) is 0.588. The van der Waals surface area contributed by atoms with Gasteiger partial charge in [0.25, 0.3) is 0 Å². The molecule has 1 heterocycles. The Kier molecular flexibility index (Phi) is 5.42. The second-order valence-electron chi connectivity index (χ2n) is 6.82. The van der Waals surface area contributed by atoms with E-state index in [0.29, 0.717) is 19.6 Å². The Morgan fingerprint density at radius 1 is 1.45 bits per heavy atom. The molecule has 122 valence electrons. The Balaban J connectivity index is 1.92. The van der Waals surface area contributed by atoms with Crippen LogP contribution in [0, 0.1) is 0 Å². The first-order valence-corrected chi connectivity index (χ1v) is 7.75. The number of rotatable bonds is 6. The molecule has 1 atom stereocenters. The number of carbonyl (C=O) groups excluding carboxylic acids is 1. The first-order valence-electron chi connectivity index (χ1n) is 7.75. The maximum Gasteiger partial charge on any atom is 0.210 e. The quantitative estimate of drug-likeness (QED) is 0.778. The Morgan fingerprint density at radius 2 is 2.23 bits per heavy atom. The van der Waals surface area contributed by atoms with Crippen molar-refractivity contribution < 1.29 is 14.6 Å². The molecule has 0 bridgehead atoms. The first kappa shape index (κ1) is 16.8. The zero-order valence-electron chi connectivity index (χ0n) is 13.6. The van der Waals surface area contributed by atoms with Gasteiger partial charge in [-0.15, -0.1) is 0 Å². The highest BCUT2D eigenvalue weighted by Gasteiger charge is 2.19. The fourth-order valence-electron chi connectivity index (χ4n) is 2.49. The van der Waals surface area contributed by atoms with Crippen LogP contribution in [0.3, 0.4) is 0 Å². The van der Waals surface area contributed by atoms with Crippen LogP contribution in [0.2, 0.25) is 0 Å². The fourth-order valence-corrected chi connectivity index (χ4v) is 2.49. The van der Waals surface area contributed by atoms with Gasteiger partial charge in [0.2, 0.25) is 6.41 Å². The van der Waals surface area contributed by atoms with Gasteiger partial charge in [-0.2, -0.15) is 0 Å². The van der Waals surface area contributed by atoms with Gasteiger partial charge < -0.3 is 20.1 Å². The first-order chi connectivity index (χ1) is 10.4. The minimum Gasteiger partial charge on any atom is -0.491 e. The molecular weight excluding hydrogens is 280 g/mol. The van der Waals surface area contributed by atoms with Crippen LogP contribution in [0.15, 0.2) is 18.2 Å². The predicted octanol–water partition coefficient (Wildman–Crippen LogP) is 1.33. The van der Waals surface area contributed by atoms with E-state index >= 15 is 0 Å². The third-order valence-electron chi connectivity index (χ3n) is 3.70. The van der Waals surface area contributed by atoms with Crippen LogP contribution in [0.1, 0.15) is 31.9 Å². The van der Waals surface area contributed by atoms with E-state index in [2.05, 4.69) is 26.1 Å². The van der Waals surface area contributed by atoms with Gasteiger partial charge in [-0.1, -0.05) is 12.1 Å². The van der Waals surface area contributed by atoms with E-state index in [4.69, 9.17) is 4.74 Å². The number of aliphatic hydroxyl groups is 1. The molecule has 0 saturated carbocycles. The number of β-amino-alcohol motifs (C(OH)–C–C–N with tert-alkyl or cyclic N) is 1.